The van der Waals surface area contributed by atoms with E-state index in [9.17, 15) is 20.0 Å². The van der Waals surface area contributed by atoms with E-state index in [1.54, 1.807) is 12.4 Å². The lowest BCUT2D eigenvalue weighted by atomic mass is 9.75. The van der Waals surface area contributed by atoms with Gasteiger partial charge >= 0.3 is 5.97 Å². The third kappa shape index (κ3) is 5.79. The molecule has 10 nitrogen and oxygen atoms in total. The van der Waals surface area contributed by atoms with E-state index in [0.29, 0.717) is 12.8 Å². The maximum absolute atomic E-state index is 12.2. The van der Waals surface area contributed by atoms with E-state index in [4.69, 9.17) is 10.5 Å². The van der Waals surface area contributed by atoms with Crippen molar-refractivity contribution in [3.05, 3.63) is 70.0 Å². The van der Waals surface area contributed by atoms with E-state index < -0.39 is 11.3 Å². The largest absolute Gasteiger partial charge is 0.461 e. The van der Waals surface area contributed by atoms with Crippen LogP contribution in [0.4, 0.5) is 5.00 Å². The van der Waals surface area contributed by atoms with Gasteiger partial charge in [0.25, 0.3) is 5.09 Å². The van der Waals surface area contributed by atoms with Crippen LogP contribution in [-0.4, -0.2) is 40.5 Å². The number of hydrogen-bond acceptors (Lipinski definition) is 10. The Hall–Kier alpha value is -3.28. The number of fused-ring (bicyclic) bond motifs is 1. The summed E-state index contributed by atoms with van der Waals surface area (Å²) in [7, 11) is 0. The number of aliphatic hydroxyl groups is 1. The van der Waals surface area contributed by atoms with E-state index in [1.165, 1.54) is 11.3 Å². The number of aliphatic hydroxyl groups excluding tert-OH is 1. The Kier molecular flexibility index (Phi) is 7.56. The zero-order chi connectivity index (χ0) is 24.1. The third-order valence-corrected chi connectivity index (χ3v) is 7.04. The molecule has 3 aromatic rings. The van der Waals surface area contributed by atoms with Crippen molar-refractivity contribution in [1.29, 1.82) is 0 Å². The quantitative estimate of drug-likeness (QED) is 0.161. The van der Waals surface area contributed by atoms with Gasteiger partial charge in [-0.1, -0.05) is 24.3 Å². The number of benzene rings is 1. The van der Waals surface area contributed by atoms with Crippen LogP contribution >= 0.6 is 11.3 Å². The van der Waals surface area contributed by atoms with Gasteiger partial charge in [0.2, 0.25) is 0 Å². The predicted octanol–water partition coefficient (Wildman–Crippen LogP) is 3.05. The molecule has 2 aromatic heterocycles. The van der Waals surface area contributed by atoms with E-state index in [-0.39, 0.29) is 43.5 Å². The molecule has 2 heterocycles. The van der Waals surface area contributed by atoms with Crippen molar-refractivity contribution in [2.75, 3.05) is 18.5 Å². The van der Waals surface area contributed by atoms with E-state index in [2.05, 4.69) is 15.1 Å². The van der Waals surface area contributed by atoms with Crippen LogP contribution in [0.2, 0.25) is 0 Å². The molecule has 1 aliphatic rings. The van der Waals surface area contributed by atoms with E-state index in [0.717, 1.165) is 26.2 Å². The van der Waals surface area contributed by atoms with Crippen LogP contribution in [0.25, 0.3) is 10.1 Å². The van der Waals surface area contributed by atoms with Crippen molar-refractivity contribution in [1.82, 2.24) is 4.98 Å². The third-order valence-electron chi connectivity index (χ3n) is 6.02. The molecule has 180 valence electrons. The monoisotopic (exact) mass is 486 g/mol. The number of esters is 1. The summed E-state index contributed by atoms with van der Waals surface area (Å²) in [5.74, 6) is -0.862. The first-order valence-electron chi connectivity index (χ1n) is 10.9. The maximum atomic E-state index is 12.2. The first-order chi connectivity index (χ1) is 16.4. The molecule has 0 aliphatic heterocycles. The molecule has 11 heteroatoms. The lowest BCUT2D eigenvalue weighted by Crippen LogP contribution is -2.34. The summed E-state index contributed by atoms with van der Waals surface area (Å²) in [6, 6.07) is 11.3. The van der Waals surface area contributed by atoms with Gasteiger partial charge in [-0.3, -0.25) is 9.78 Å². The predicted molar refractivity (Wildman–Crippen MR) is 126 cm³/mol. The van der Waals surface area contributed by atoms with Gasteiger partial charge in [0, 0.05) is 24.9 Å². The highest BCUT2D eigenvalue weighted by Crippen LogP contribution is 2.35. The Morgan fingerprint density at radius 3 is 2.76 bits per heavy atom. The zero-order valence-electron chi connectivity index (χ0n) is 18.3. The van der Waals surface area contributed by atoms with Gasteiger partial charge in [0.1, 0.15) is 12.8 Å². The Balaban J connectivity index is 1.27. The fourth-order valence-electron chi connectivity index (χ4n) is 4.01. The molecule has 0 saturated heterocycles. The van der Waals surface area contributed by atoms with E-state index in [1.807, 2.05) is 36.4 Å². The van der Waals surface area contributed by atoms with Crippen LogP contribution in [0, 0.1) is 22.0 Å². The van der Waals surface area contributed by atoms with Gasteiger partial charge in [0.15, 0.2) is 0 Å². The first kappa shape index (κ1) is 23.9. The highest BCUT2D eigenvalue weighted by Gasteiger charge is 2.36. The number of hydrogen-bond donors (Lipinski definition) is 3. The zero-order valence-corrected chi connectivity index (χ0v) is 19.1. The Morgan fingerprint density at radius 2 is 2.09 bits per heavy atom. The highest BCUT2D eigenvalue weighted by molar-refractivity contribution is 7.22. The number of aromatic nitrogens is 1. The van der Waals surface area contributed by atoms with Crippen LogP contribution in [0.1, 0.15) is 29.9 Å². The molecular weight excluding hydrogens is 460 g/mol. The molecule has 1 aliphatic carbocycles. The van der Waals surface area contributed by atoms with Crippen LogP contribution in [0.3, 0.4) is 0 Å². The number of carbonyl (C=O) groups is 1. The summed E-state index contributed by atoms with van der Waals surface area (Å²) in [5, 5.41) is 25.2. The first-order valence-corrected chi connectivity index (χ1v) is 11.8. The average molecular weight is 487 g/mol. The lowest BCUT2D eigenvalue weighted by Gasteiger charge is -2.32. The van der Waals surface area contributed by atoms with Gasteiger partial charge in [-0.25, -0.2) is 0 Å². The molecular formula is C23H26N4O6S. The minimum atomic E-state index is -0.874. The fraction of sp³-hybridized carbons (Fsp3) is 0.391. The van der Waals surface area contributed by atoms with Crippen molar-refractivity contribution in [3.8, 4) is 0 Å². The van der Waals surface area contributed by atoms with Crippen LogP contribution in [0.15, 0.2) is 48.8 Å². The summed E-state index contributed by atoms with van der Waals surface area (Å²) >= 11 is 1.51. The number of thiophene rings is 1. The SMILES string of the molecule is NCC(c1ccc(COC(=O)C2CC(CO[N+](=O)[O-])C2)cc1)[C@H](O)Nc1cc2ccncc2s1. The highest BCUT2D eigenvalue weighted by atomic mass is 32.1. The average Bonchev–Trinajstić information content (AvgIpc) is 3.20. The van der Waals surface area contributed by atoms with Crippen molar-refractivity contribution >= 4 is 32.4 Å². The second-order valence-electron chi connectivity index (χ2n) is 8.36. The van der Waals surface area contributed by atoms with Crippen molar-refractivity contribution in [2.45, 2.75) is 31.6 Å². The molecule has 4 rings (SSSR count). The number of rotatable bonds is 11. The fourth-order valence-corrected chi connectivity index (χ4v) is 4.97. The standard InChI is InChI=1S/C23H26N4O6S/c24-10-19(22(28)26-21-9-17-5-6-25-11-20(17)34-21)16-3-1-14(2-4-16)12-32-23(29)18-7-15(8-18)13-33-27(30)31/h1-6,9,11,15,18-19,22,26,28H,7-8,10,12-13,24H2/t15?,18?,19?,22-/m0/s1. The molecule has 0 radical (unpaired) electrons. The van der Waals surface area contributed by atoms with E-state index >= 15 is 0 Å². The lowest BCUT2D eigenvalue weighted by molar-refractivity contribution is -0.759. The number of anilines is 1. The number of nitrogens with one attached hydrogen (secondary N) is 1. The van der Waals surface area contributed by atoms with Crippen molar-refractivity contribution in [2.24, 2.45) is 17.6 Å². The smallest absolute Gasteiger partial charge is 0.309 e. The molecule has 0 amide bonds. The van der Waals surface area contributed by atoms with Crippen LogP contribution in [0.5, 0.6) is 0 Å². The Morgan fingerprint density at radius 1 is 1.32 bits per heavy atom. The molecule has 1 unspecified atom stereocenters. The number of nitrogens with zero attached hydrogens (tertiary/aromatic N) is 2. The normalized spacial score (nSPS) is 19.1. The molecule has 0 spiro atoms. The van der Waals surface area contributed by atoms with Gasteiger partial charge in [-0.05, 0) is 47.4 Å². The Labute approximate surface area is 199 Å². The summed E-state index contributed by atoms with van der Waals surface area (Å²) in [4.78, 5) is 30.9. The number of nitrogens with two attached hydrogens (primary N) is 1. The minimum absolute atomic E-state index is 0.0136. The molecule has 1 saturated carbocycles. The summed E-state index contributed by atoms with van der Waals surface area (Å²) in [6.45, 7) is 0.398. The van der Waals surface area contributed by atoms with Crippen molar-refractivity contribution < 1.29 is 24.6 Å². The molecule has 34 heavy (non-hydrogen) atoms. The second-order valence-corrected chi connectivity index (χ2v) is 9.44. The van der Waals surface area contributed by atoms with Gasteiger partial charge in [-0.15, -0.1) is 21.5 Å². The minimum Gasteiger partial charge on any atom is -0.461 e. The molecule has 1 aromatic carbocycles. The molecule has 2 atom stereocenters. The molecule has 1 fully saturated rings. The van der Waals surface area contributed by atoms with Crippen molar-refractivity contribution in [3.63, 3.8) is 0 Å². The number of pyridine rings is 1. The maximum Gasteiger partial charge on any atom is 0.309 e. The summed E-state index contributed by atoms with van der Waals surface area (Å²) in [6.07, 6.45) is 3.71. The van der Waals surface area contributed by atoms with Gasteiger partial charge in [-0.2, -0.15) is 0 Å². The molecule has 4 N–H and O–H groups in total. The topological polar surface area (TPSA) is 150 Å². The van der Waals surface area contributed by atoms with Gasteiger partial charge < -0.3 is 25.7 Å². The van der Waals surface area contributed by atoms with Gasteiger partial charge in [0.05, 0.1) is 22.2 Å². The molecule has 0 bridgehead atoms. The Bertz CT molecular complexity index is 1100. The van der Waals surface area contributed by atoms with Crippen LogP contribution in [-0.2, 0) is 21.0 Å². The summed E-state index contributed by atoms with van der Waals surface area (Å²) < 4.78 is 6.41. The van der Waals surface area contributed by atoms with Crippen LogP contribution < -0.4 is 11.1 Å². The second kappa shape index (κ2) is 10.8. The number of ether oxygens (including phenoxy) is 1. The number of carbonyl (C=O) groups excluding carboxylic acids is 1. The summed E-state index contributed by atoms with van der Waals surface area (Å²) in [5.41, 5.74) is 7.64.